The van der Waals surface area contributed by atoms with Crippen LogP contribution in [0.1, 0.15) is 30.0 Å². The van der Waals surface area contributed by atoms with E-state index in [1.807, 2.05) is 17.0 Å². The van der Waals surface area contributed by atoms with E-state index < -0.39 is 23.9 Å². The first-order chi connectivity index (χ1) is 12.0. The van der Waals surface area contributed by atoms with Gasteiger partial charge in [0.2, 0.25) is 0 Å². The van der Waals surface area contributed by atoms with Gasteiger partial charge in [-0.2, -0.15) is 0 Å². The van der Waals surface area contributed by atoms with Crippen LogP contribution in [0.2, 0.25) is 5.02 Å². The van der Waals surface area contributed by atoms with Crippen molar-refractivity contribution in [2.75, 3.05) is 13.7 Å². The first-order valence-electron chi connectivity index (χ1n) is 8.08. The summed E-state index contributed by atoms with van der Waals surface area (Å²) in [5, 5.41) is 10.1. The number of methoxy groups -OCH3 is 1. The van der Waals surface area contributed by atoms with Gasteiger partial charge in [0.15, 0.2) is 0 Å². The minimum atomic E-state index is -0.875. The highest BCUT2D eigenvalue weighted by Gasteiger charge is 2.38. The fourth-order valence-corrected chi connectivity index (χ4v) is 3.71. The van der Waals surface area contributed by atoms with E-state index in [1.54, 1.807) is 18.2 Å². The van der Waals surface area contributed by atoms with Crippen molar-refractivity contribution in [2.24, 2.45) is 0 Å². The van der Waals surface area contributed by atoms with E-state index >= 15 is 0 Å². The van der Waals surface area contributed by atoms with Crippen LogP contribution >= 0.6 is 11.6 Å². The predicted molar refractivity (Wildman–Crippen MR) is 93.6 cm³/mol. The molecule has 0 bridgehead atoms. The predicted octanol–water partition coefficient (Wildman–Crippen LogP) is 4.13. The molecule has 2 aromatic rings. The SMILES string of the molecule is COc1ccc(F)cc1C(c1cccc(Cl)c1)N1CCCC1C(=O)O. The molecule has 2 unspecified atom stereocenters. The summed E-state index contributed by atoms with van der Waals surface area (Å²) in [6.45, 7) is 0.605. The van der Waals surface area contributed by atoms with E-state index in [-0.39, 0.29) is 0 Å². The molecule has 132 valence electrons. The number of hydrogen-bond donors (Lipinski definition) is 1. The lowest BCUT2D eigenvalue weighted by atomic mass is 9.95. The monoisotopic (exact) mass is 363 g/mol. The van der Waals surface area contributed by atoms with Gasteiger partial charge in [0.25, 0.3) is 0 Å². The minimum absolute atomic E-state index is 0.395. The number of benzene rings is 2. The number of halogens is 2. The maximum Gasteiger partial charge on any atom is 0.320 e. The van der Waals surface area contributed by atoms with Crippen molar-refractivity contribution < 1.29 is 19.0 Å². The number of carboxylic acid groups (broad SMARTS) is 1. The van der Waals surface area contributed by atoms with Gasteiger partial charge in [0.05, 0.1) is 13.2 Å². The summed E-state index contributed by atoms with van der Waals surface area (Å²) in [7, 11) is 1.52. The number of nitrogens with zero attached hydrogens (tertiary/aromatic N) is 1. The second kappa shape index (κ2) is 7.42. The van der Waals surface area contributed by atoms with Gasteiger partial charge in [-0.1, -0.05) is 23.7 Å². The molecule has 1 aliphatic rings. The molecule has 0 spiro atoms. The van der Waals surface area contributed by atoms with Crippen molar-refractivity contribution in [3.05, 3.63) is 64.4 Å². The van der Waals surface area contributed by atoms with Gasteiger partial charge >= 0.3 is 5.97 Å². The highest BCUT2D eigenvalue weighted by molar-refractivity contribution is 6.30. The lowest BCUT2D eigenvalue weighted by Gasteiger charge is -2.33. The fraction of sp³-hybridized carbons (Fsp3) is 0.316. The summed E-state index contributed by atoms with van der Waals surface area (Å²) in [5.41, 5.74) is 1.41. The second-order valence-electron chi connectivity index (χ2n) is 6.08. The van der Waals surface area contributed by atoms with E-state index in [0.717, 1.165) is 12.0 Å². The summed E-state index contributed by atoms with van der Waals surface area (Å²) >= 11 is 6.15. The van der Waals surface area contributed by atoms with E-state index in [1.165, 1.54) is 19.2 Å². The summed E-state index contributed by atoms with van der Waals surface area (Å²) in [5.74, 6) is -0.754. The Balaban J connectivity index is 2.16. The van der Waals surface area contributed by atoms with Crippen LogP contribution in [0.4, 0.5) is 4.39 Å². The largest absolute Gasteiger partial charge is 0.496 e. The quantitative estimate of drug-likeness (QED) is 0.867. The molecule has 1 heterocycles. The van der Waals surface area contributed by atoms with Gasteiger partial charge in [-0.25, -0.2) is 4.39 Å². The first-order valence-corrected chi connectivity index (χ1v) is 8.46. The number of rotatable bonds is 5. The Hall–Kier alpha value is -2.11. The number of carbonyl (C=O) groups is 1. The van der Waals surface area contributed by atoms with Gasteiger partial charge in [-0.15, -0.1) is 0 Å². The van der Waals surface area contributed by atoms with Crippen LogP contribution in [0.25, 0.3) is 0 Å². The molecule has 1 saturated heterocycles. The van der Waals surface area contributed by atoms with Gasteiger partial charge in [-0.05, 0) is 48.7 Å². The molecule has 2 aromatic carbocycles. The summed E-state index contributed by atoms with van der Waals surface area (Å²) in [4.78, 5) is 13.6. The Morgan fingerprint density at radius 2 is 2.16 bits per heavy atom. The Morgan fingerprint density at radius 1 is 1.36 bits per heavy atom. The Bertz CT molecular complexity index is 783. The van der Waals surface area contributed by atoms with Crippen molar-refractivity contribution >= 4 is 17.6 Å². The highest BCUT2D eigenvalue weighted by Crippen LogP contribution is 2.39. The second-order valence-corrected chi connectivity index (χ2v) is 6.51. The van der Waals surface area contributed by atoms with Crippen LogP contribution < -0.4 is 4.74 Å². The number of ether oxygens (including phenoxy) is 1. The van der Waals surface area contributed by atoms with Crippen LogP contribution in [-0.4, -0.2) is 35.7 Å². The molecule has 3 rings (SSSR count). The molecular weight excluding hydrogens is 345 g/mol. The number of aliphatic carboxylic acids is 1. The molecule has 1 fully saturated rings. The van der Waals surface area contributed by atoms with E-state index in [9.17, 15) is 14.3 Å². The number of likely N-dealkylation sites (tertiary alicyclic amines) is 1. The lowest BCUT2D eigenvalue weighted by Crippen LogP contribution is -2.39. The van der Waals surface area contributed by atoms with Crippen LogP contribution in [0.3, 0.4) is 0 Å². The standard InChI is InChI=1S/C19H19ClFNO3/c1-25-17-8-7-14(21)11-15(17)18(12-4-2-5-13(20)10-12)22-9-3-6-16(22)19(23)24/h2,4-5,7-8,10-11,16,18H,3,6,9H2,1H3,(H,23,24). The molecule has 0 aromatic heterocycles. The molecule has 0 aliphatic carbocycles. The van der Waals surface area contributed by atoms with Crippen molar-refractivity contribution in [1.82, 2.24) is 4.90 Å². The van der Waals surface area contributed by atoms with Crippen LogP contribution in [0.5, 0.6) is 5.75 Å². The Labute approximate surface area is 150 Å². The Kier molecular flexibility index (Phi) is 5.25. The third kappa shape index (κ3) is 3.62. The molecule has 6 heteroatoms. The Morgan fingerprint density at radius 3 is 2.84 bits per heavy atom. The molecule has 0 amide bonds. The van der Waals surface area contributed by atoms with Gasteiger partial charge < -0.3 is 9.84 Å². The zero-order valence-corrected chi connectivity index (χ0v) is 14.5. The maximum atomic E-state index is 14.0. The van der Waals surface area contributed by atoms with Crippen LogP contribution in [-0.2, 0) is 4.79 Å². The van der Waals surface area contributed by atoms with Crippen molar-refractivity contribution in [2.45, 2.75) is 24.9 Å². The molecule has 1 aliphatic heterocycles. The van der Waals surface area contributed by atoms with Gasteiger partial charge in [0, 0.05) is 17.1 Å². The lowest BCUT2D eigenvalue weighted by molar-refractivity contribution is -0.142. The smallest absolute Gasteiger partial charge is 0.320 e. The zero-order chi connectivity index (χ0) is 18.0. The summed E-state index contributed by atoms with van der Waals surface area (Å²) < 4.78 is 19.4. The molecule has 0 radical (unpaired) electrons. The average molecular weight is 364 g/mol. The van der Waals surface area contributed by atoms with Crippen molar-refractivity contribution in [1.29, 1.82) is 0 Å². The summed E-state index contributed by atoms with van der Waals surface area (Å²) in [6, 6.07) is 10.4. The molecular formula is C19H19ClFNO3. The third-order valence-corrected chi connectivity index (χ3v) is 4.80. The number of carboxylic acids is 1. The first kappa shape index (κ1) is 17.7. The van der Waals surface area contributed by atoms with E-state index in [4.69, 9.17) is 16.3 Å². The molecule has 1 N–H and O–H groups in total. The molecule has 2 atom stereocenters. The van der Waals surface area contributed by atoms with Crippen molar-refractivity contribution in [3.63, 3.8) is 0 Å². The van der Waals surface area contributed by atoms with E-state index in [0.29, 0.717) is 29.3 Å². The number of hydrogen-bond acceptors (Lipinski definition) is 3. The average Bonchev–Trinajstić information content (AvgIpc) is 3.05. The zero-order valence-electron chi connectivity index (χ0n) is 13.8. The maximum absolute atomic E-state index is 14.0. The van der Waals surface area contributed by atoms with Gasteiger partial charge in [-0.3, -0.25) is 9.69 Å². The van der Waals surface area contributed by atoms with Gasteiger partial charge in [0.1, 0.15) is 17.6 Å². The van der Waals surface area contributed by atoms with E-state index in [2.05, 4.69) is 0 Å². The normalized spacial score (nSPS) is 18.9. The van der Waals surface area contributed by atoms with Crippen molar-refractivity contribution in [3.8, 4) is 5.75 Å². The summed E-state index contributed by atoms with van der Waals surface area (Å²) in [6.07, 6.45) is 1.33. The fourth-order valence-electron chi connectivity index (χ4n) is 3.51. The van der Waals surface area contributed by atoms with Crippen LogP contribution in [0, 0.1) is 5.82 Å². The third-order valence-electron chi connectivity index (χ3n) is 4.56. The molecule has 0 saturated carbocycles. The van der Waals surface area contributed by atoms with Crippen LogP contribution in [0.15, 0.2) is 42.5 Å². The minimum Gasteiger partial charge on any atom is -0.496 e. The topological polar surface area (TPSA) is 49.8 Å². The molecule has 25 heavy (non-hydrogen) atoms. The highest BCUT2D eigenvalue weighted by atomic mass is 35.5. The molecule has 4 nitrogen and oxygen atoms in total.